The first-order chi connectivity index (χ1) is 23.3. The lowest BCUT2D eigenvalue weighted by Gasteiger charge is -2.24. The first-order valence-electron chi connectivity index (χ1n) is 17.1. The number of aromatic nitrogens is 1. The molecule has 0 amide bonds. The zero-order valence-electron chi connectivity index (χ0n) is 27.7. The van der Waals surface area contributed by atoms with Crippen molar-refractivity contribution >= 4 is 32.4 Å². The van der Waals surface area contributed by atoms with E-state index in [1.807, 2.05) is 0 Å². The van der Waals surface area contributed by atoms with Gasteiger partial charge < -0.3 is 0 Å². The van der Waals surface area contributed by atoms with Gasteiger partial charge in [-0.15, -0.1) is 0 Å². The molecule has 0 bridgehead atoms. The van der Waals surface area contributed by atoms with Crippen LogP contribution in [0.25, 0.3) is 77.0 Å². The first kappa shape index (κ1) is 27.6. The Morgan fingerprint density at radius 1 is 0.396 bits per heavy atom. The highest BCUT2D eigenvalue weighted by molar-refractivity contribution is 6.27. The smallest absolute Gasteiger partial charge is 0.0708 e. The summed E-state index contributed by atoms with van der Waals surface area (Å²) in [4.78, 5) is 5.08. The van der Waals surface area contributed by atoms with Gasteiger partial charge in [-0.3, -0.25) is 4.98 Å². The van der Waals surface area contributed by atoms with E-state index in [1.54, 1.807) is 0 Å². The van der Waals surface area contributed by atoms with E-state index in [0.717, 1.165) is 5.52 Å². The molecule has 228 valence electrons. The summed E-state index contributed by atoms with van der Waals surface area (Å²) in [6.45, 7) is 9.47. The Kier molecular flexibility index (Phi) is 5.47. The quantitative estimate of drug-likeness (QED) is 0.140. The molecule has 0 unspecified atom stereocenters. The normalized spacial score (nSPS) is 15.0. The van der Waals surface area contributed by atoms with E-state index in [1.165, 1.54) is 93.7 Å². The Morgan fingerprint density at radius 2 is 0.854 bits per heavy atom. The summed E-state index contributed by atoms with van der Waals surface area (Å²) >= 11 is 0. The highest BCUT2D eigenvalue weighted by atomic mass is 14.7. The fourth-order valence-electron chi connectivity index (χ4n) is 9.13. The van der Waals surface area contributed by atoms with Gasteiger partial charge in [0.25, 0.3) is 0 Å². The molecule has 1 nitrogen and oxygen atoms in total. The topological polar surface area (TPSA) is 12.9 Å². The van der Waals surface area contributed by atoms with Crippen molar-refractivity contribution in [3.05, 3.63) is 162 Å². The molecule has 1 aromatic heterocycles. The average molecular weight is 614 g/mol. The van der Waals surface area contributed by atoms with Crippen LogP contribution in [0.2, 0.25) is 0 Å². The predicted octanol–water partition coefficient (Wildman–Crippen LogP) is 12.5. The number of benzene rings is 7. The van der Waals surface area contributed by atoms with Gasteiger partial charge in [0, 0.05) is 33.2 Å². The van der Waals surface area contributed by atoms with Crippen molar-refractivity contribution in [1.29, 1.82) is 0 Å². The summed E-state index contributed by atoms with van der Waals surface area (Å²) < 4.78 is 0. The zero-order chi connectivity index (χ0) is 32.4. The Morgan fingerprint density at radius 3 is 1.46 bits per heavy atom. The maximum atomic E-state index is 5.08. The van der Waals surface area contributed by atoms with Crippen LogP contribution in [0.15, 0.2) is 140 Å². The minimum Gasteiger partial charge on any atom is -0.256 e. The van der Waals surface area contributed by atoms with Crippen LogP contribution in [-0.4, -0.2) is 4.98 Å². The number of fused-ring (bicyclic) bond motifs is 10. The Hall–Kier alpha value is -5.53. The minimum atomic E-state index is -0.0775. The van der Waals surface area contributed by atoms with Crippen LogP contribution in [0.1, 0.15) is 49.9 Å². The molecule has 0 saturated heterocycles. The second kappa shape index (κ2) is 9.52. The Bertz CT molecular complexity index is 2670. The maximum absolute atomic E-state index is 5.08. The van der Waals surface area contributed by atoms with Gasteiger partial charge in [0.1, 0.15) is 0 Å². The zero-order valence-corrected chi connectivity index (χ0v) is 27.7. The molecule has 0 spiro atoms. The highest BCUT2D eigenvalue weighted by Gasteiger charge is 2.37. The third-order valence-electron chi connectivity index (χ3n) is 11.5. The molecule has 0 fully saturated rings. The average Bonchev–Trinajstić information content (AvgIpc) is 3.49. The molecule has 1 heteroatoms. The Balaban J connectivity index is 1.30. The van der Waals surface area contributed by atoms with Gasteiger partial charge in [0.2, 0.25) is 0 Å². The molecule has 8 aromatic rings. The lowest BCUT2D eigenvalue weighted by atomic mass is 9.79. The van der Waals surface area contributed by atoms with Gasteiger partial charge >= 0.3 is 0 Å². The monoisotopic (exact) mass is 613 g/mol. The number of nitrogens with zero attached hydrogens (tertiary/aromatic N) is 1. The van der Waals surface area contributed by atoms with Crippen LogP contribution in [0.3, 0.4) is 0 Å². The van der Waals surface area contributed by atoms with Crippen molar-refractivity contribution in [3.63, 3.8) is 0 Å². The van der Waals surface area contributed by atoms with Crippen LogP contribution in [0, 0.1) is 0 Å². The van der Waals surface area contributed by atoms with Crippen molar-refractivity contribution in [2.75, 3.05) is 0 Å². The maximum Gasteiger partial charge on any atom is 0.0708 e. The van der Waals surface area contributed by atoms with Crippen LogP contribution in [0.5, 0.6) is 0 Å². The van der Waals surface area contributed by atoms with E-state index in [9.17, 15) is 0 Å². The SMILES string of the molecule is CC1(C)c2ccccc2-c2ccc(-c3c4ccccc4c(-c4ccc5c(c4)C(C)(C)c4ccccc4-5)c4c3cnc3ccccc34)cc21. The second-order valence-electron chi connectivity index (χ2n) is 14.7. The summed E-state index contributed by atoms with van der Waals surface area (Å²) in [5, 5.41) is 6.18. The molecule has 2 aliphatic carbocycles. The lowest BCUT2D eigenvalue weighted by molar-refractivity contribution is 0.660. The summed E-state index contributed by atoms with van der Waals surface area (Å²) in [5.74, 6) is 0. The molecule has 7 aromatic carbocycles. The molecule has 0 atom stereocenters. The van der Waals surface area contributed by atoms with Gasteiger partial charge in [-0.1, -0.05) is 143 Å². The molecular formula is C47H35N. The number of hydrogen-bond acceptors (Lipinski definition) is 1. The molecular weight excluding hydrogens is 579 g/mol. The molecule has 10 rings (SSSR count). The molecule has 0 radical (unpaired) electrons. The summed E-state index contributed by atoms with van der Waals surface area (Å²) in [5.41, 5.74) is 16.9. The van der Waals surface area contributed by atoms with Gasteiger partial charge in [0.15, 0.2) is 0 Å². The summed E-state index contributed by atoms with van der Waals surface area (Å²) in [7, 11) is 0. The molecule has 0 aliphatic heterocycles. The van der Waals surface area contributed by atoms with Crippen molar-refractivity contribution in [3.8, 4) is 44.5 Å². The van der Waals surface area contributed by atoms with E-state index in [2.05, 4.69) is 167 Å². The summed E-state index contributed by atoms with van der Waals surface area (Å²) in [6.07, 6.45) is 2.13. The molecule has 2 aliphatic rings. The van der Waals surface area contributed by atoms with Crippen molar-refractivity contribution in [2.45, 2.75) is 38.5 Å². The third kappa shape index (κ3) is 3.54. The highest BCUT2D eigenvalue weighted by Crippen LogP contribution is 2.53. The van der Waals surface area contributed by atoms with E-state index in [4.69, 9.17) is 4.98 Å². The summed E-state index contributed by atoms with van der Waals surface area (Å²) in [6, 6.07) is 49.8. The van der Waals surface area contributed by atoms with E-state index >= 15 is 0 Å². The largest absolute Gasteiger partial charge is 0.256 e. The van der Waals surface area contributed by atoms with Gasteiger partial charge in [-0.05, 0) is 95.7 Å². The number of para-hydroxylation sites is 1. The predicted molar refractivity (Wildman–Crippen MR) is 203 cm³/mol. The third-order valence-corrected chi connectivity index (χ3v) is 11.5. The molecule has 48 heavy (non-hydrogen) atoms. The standard InChI is InChI=1S/C47H35N/c1-46(2)38-18-10-7-13-30(38)32-23-21-28(25-40(32)46)43-34-15-5-6-16-35(34)44(45-36-17-9-12-20-42(36)48-27-37(43)45)29-22-24-33-31-14-8-11-19-39(31)47(3,4)41(33)26-29/h5-27H,1-4H3. The van der Waals surface area contributed by atoms with Crippen LogP contribution in [-0.2, 0) is 10.8 Å². The van der Waals surface area contributed by atoms with Crippen LogP contribution < -0.4 is 0 Å². The van der Waals surface area contributed by atoms with Crippen molar-refractivity contribution in [2.24, 2.45) is 0 Å². The Labute approximate surface area is 281 Å². The lowest BCUT2D eigenvalue weighted by Crippen LogP contribution is -2.15. The fraction of sp³-hybridized carbons (Fsp3) is 0.128. The molecule has 0 N–H and O–H groups in total. The first-order valence-corrected chi connectivity index (χ1v) is 17.1. The molecule has 0 saturated carbocycles. The van der Waals surface area contributed by atoms with Gasteiger partial charge in [0.05, 0.1) is 5.52 Å². The van der Waals surface area contributed by atoms with E-state index in [-0.39, 0.29) is 10.8 Å². The van der Waals surface area contributed by atoms with Crippen molar-refractivity contribution < 1.29 is 0 Å². The van der Waals surface area contributed by atoms with E-state index in [0.29, 0.717) is 0 Å². The number of rotatable bonds is 2. The molecule has 1 heterocycles. The minimum absolute atomic E-state index is 0.0762. The second-order valence-corrected chi connectivity index (χ2v) is 14.7. The fourth-order valence-corrected chi connectivity index (χ4v) is 9.13. The van der Waals surface area contributed by atoms with Gasteiger partial charge in [-0.25, -0.2) is 0 Å². The van der Waals surface area contributed by atoms with Crippen LogP contribution in [0.4, 0.5) is 0 Å². The van der Waals surface area contributed by atoms with Gasteiger partial charge in [-0.2, -0.15) is 0 Å². The van der Waals surface area contributed by atoms with Crippen LogP contribution >= 0.6 is 0 Å². The number of pyridine rings is 1. The van der Waals surface area contributed by atoms with Crippen molar-refractivity contribution in [1.82, 2.24) is 4.98 Å². The van der Waals surface area contributed by atoms with E-state index < -0.39 is 0 Å². The number of hydrogen-bond donors (Lipinski definition) is 0.